The summed E-state index contributed by atoms with van der Waals surface area (Å²) in [6.45, 7) is 0. The zero-order chi connectivity index (χ0) is 9.26. The van der Waals surface area contributed by atoms with Crippen LogP contribution in [0.3, 0.4) is 0 Å². The summed E-state index contributed by atoms with van der Waals surface area (Å²) in [5, 5.41) is 0. The molecule has 72 valence electrons. The Hall–Kier alpha value is -0.790. The topological polar surface area (TPSA) is 26.3 Å². The minimum Gasteiger partial charge on any atom is -0.493 e. The van der Waals surface area contributed by atoms with E-state index in [-0.39, 0.29) is 5.78 Å². The highest BCUT2D eigenvalue weighted by molar-refractivity contribution is 5.95. The Morgan fingerprint density at radius 2 is 2.08 bits per heavy atom. The van der Waals surface area contributed by atoms with Crippen molar-refractivity contribution in [2.75, 3.05) is 7.11 Å². The quantitative estimate of drug-likeness (QED) is 0.619. The first kappa shape index (κ1) is 8.79. The maximum atomic E-state index is 11.5. The van der Waals surface area contributed by atoms with Gasteiger partial charge in [0.1, 0.15) is 0 Å². The second-order valence-electron chi connectivity index (χ2n) is 3.96. The average molecular weight is 180 g/mol. The average Bonchev–Trinajstić information content (AvgIpc) is 2.18. The highest BCUT2D eigenvalue weighted by Crippen LogP contribution is 2.38. The van der Waals surface area contributed by atoms with Crippen LogP contribution in [0.4, 0.5) is 0 Å². The number of Topliss-reactive ketones (excluding diaryl/α,β-unsaturated/α-hetero) is 1. The summed E-state index contributed by atoms with van der Waals surface area (Å²) >= 11 is 0. The van der Waals surface area contributed by atoms with Crippen LogP contribution in [0.25, 0.3) is 0 Å². The van der Waals surface area contributed by atoms with E-state index in [9.17, 15) is 4.79 Å². The molecule has 2 heteroatoms. The van der Waals surface area contributed by atoms with Crippen molar-refractivity contribution >= 4 is 5.78 Å². The van der Waals surface area contributed by atoms with Gasteiger partial charge in [0.25, 0.3) is 0 Å². The van der Waals surface area contributed by atoms with Crippen LogP contribution in [0.1, 0.15) is 38.5 Å². The van der Waals surface area contributed by atoms with E-state index >= 15 is 0 Å². The highest BCUT2D eigenvalue weighted by atomic mass is 16.5. The van der Waals surface area contributed by atoms with Gasteiger partial charge in [-0.15, -0.1) is 0 Å². The van der Waals surface area contributed by atoms with E-state index in [1.165, 1.54) is 24.8 Å². The van der Waals surface area contributed by atoms with E-state index in [2.05, 4.69) is 0 Å². The van der Waals surface area contributed by atoms with E-state index < -0.39 is 0 Å². The first-order valence-corrected chi connectivity index (χ1v) is 5.13. The molecule has 2 rings (SSSR count). The lowest BCUT2D eigenvalue weighted by molar-refractivity contribution is -0.119. The van der Waals surface area contributed by atoms with Crippen molar-refractivity contribution in [1.82, 2.24) is 0 Å². The lowest BCUT2D eigenvalue weighted by atomic mass is 9.76. The fraction of sp³-hybridized carbons (Fsp3) is 0.727. The Morgan fingerprint density at radius 1 is 1.23 bits per heavy atom. The number of carbonyl (C=O) groups excluding carboxylic acids is 1. The molecule has 0 aromatic carbocycles. The fourth-order valence-electron chi connectivity index (χ4n) is 2.54. The number of methoxy groups -OCH3 is 1. The van der Waals surface area contributed by atoms with E-state index in [1.807, 2.05) is 0 Å². The summed E-state index contributed by atoms with van der Waals surface area (Å²) in [4.78, 5) is 11.5. The van der Waals surface area contributed by atoms with Crippen LogP contribution >= 0.6 is 0 Å². The van der Waals surface area contributed by atoms with Crippen molar-refractivity contribution in [1.29, 1.82) is 0 Å². The Morgan fingerprint density at radius 3 is 2.85 bits per heavy atom. The molecule has 0 bridgehead atoms. The Bertz CT molecular complexity index is 253. The van der Waals surface area contributed by atoms with E-state index in [0.717, 1.165) is 12.8 Å². The SMILES string of the molecule is COC1=C2CCCC[C@@H]2CCC1=O. The molecule has 0 heterocycles. The molecule has 0 N–H and O–H groups in total. The Labute approximate surface area is 79.0 Å². The molecule has 0 aromatic heterocycles. The molecule has 2 nitrogen and oxygen atoms in total. The minimum atomic E-state index is 0.218. The number of rotatable bonds is 1. The summed E-state index contributed by atoms with van der Waals surface area (Å²) in [6.07, 6.45) is 6.64. The summed E-state index contributed by atoms with van der Waals surface area (Å²) in [7, 11) is 1.62. The third-order valence-electron chi connectivity index (χ3n) is 3.21. The summed E-state index contributed by atoms with van der Waals surface area (Å²) < 4.78 is 5.20. The lowest BCUT2D eigenvalue weighted by Crippen LogP contribution is -2.23. The molecule has 1 fully saturated rings. The second-order valence-corrected chi connectivity index (χ2v) is 3.96. The maximum Gasteiger partial charge on any atom is 0.197 e. The van der Waals surface area contributed by atoms with Crippen LogP contribution < -0.4 is 0 Å². The van der Waals surface area contributed by atoms with Crippen LogP contribution in [-0.2, 0) is 9.53 Å². The van der Waals surface area contributed by atoms with E-state index in [0.29, 0.717) is 18.1 Å². The predicted octanol–water partition coefficient (Wildman–Crippen LogP) is 2.44. The largest absolute Gasteiger partial charge is 0.493 e. The molecule has 0 unspecified atom stereocenters. The molecule has 1 saturated carbocycles. The molecule has 2 aliphatic rings. The first-order chi connectivity index (χ1) is 6.33. The van der Waals surface area contributed by atoms with Gasteiger partial charge in [-0.1, -0.05) is 6.42 Å². The number of fused-ring (bicyclic) bond motifs is 1. The van der Waals surface area contributed by atoms with E-state index in [1.54, 1.807) is 7.11 Å². The third-order valence-corrected chi connectivity index (χ3v) is 3.21. The minimum absolute atomic E-state index is 0.218. The van der Waals surface area contributed by atoms with Gasteiger partial charge in [0, 0.05) is 6.42 Å². The zero-order valence-corrected chi connectivity index (χ0v) is 8.14. The van der Waals surface area contributed by atoms with Crippen molar-refractivity contribution in [2.24, 2.45) is 5.92 Å². The van der Waals surface area contributed by atoms with Gasteiger partial charge in [0.2, 0.25) is 0 Å². The lowest BCUT2D eigenvalue weighted by Gasteiger charge is -2.30. The molecule has 0 saturated heterocycles. The van der Waals surface area contributed by atoms with Gasteiger partial charge in [-0.05, 0) is 37.2 Å². The van der Waals surface area contributed by atoms with Crippen LogP contribution in [-0.4, -0.2) is 12.9 Å². The van der Waals surface area contributed by atoms with Crippen molar-refractivity contribution in [2.45, 2.75) is 38.5 Å². The first-order valence-electron chi connectivity index (χ1n) is 5.13. The van der Waals surface area contributed by atoms with Crippen molar-refractivity contribution < 1.29 is 9.53 Å². The second kappa shape index (κ2) is 3.52. The molecule has 1 atom stereocenters. The number of allylic oxidation sites excluding steroid dienone is 2. The molecular weight excluding hydrogens is 164 g/mol. The third kappa shape index (κ3) is 1.50. The number of hydrogen-bond donors (Lipinski definition) is 0. The van der Waals surface area contributed by atoms with Gasteiger partial charge in [-0.25, -0.2) is 0 Å². The van der Waals surface area contributed by atoms with Gasteiger partial charge in [-0.3, -0.25) is 4.79 Å². The molecule has 0 amide bonds. The van der Waals surface area contributed by atoms with Crippen LogP contribution in [0, 0.1) is 5.92 Å². The van der Waals surface area contributed by atoms with E-state index in [4.69, 9.17) is 4.74 Å². The van der Waals surface area contributed by atoms with Gasteiger partial charge >= 0.3 is 0 Å². The zero-order valence-electron chi connectivity index (χ0n) is 8.14. The molecule has 2 aliphatic carbocycles. The van der Waals surface area contributed by atoms with Gasteiger partial charge in [0.15, 0.2) is 11.5 Å². The predicted molar refractivity (Wildman–Crippen MR) is 50.2 cm³/mol. The normalized spacial score (nSPS) is 28.7. The van der Waals surface area contributed by atoms with Crippen molar-refractivity contribution in [3.8, 4) is 0 Å². The molecule has 0 aliphatic heterocycles. The maximum absolute atomic E-state index is 11.5. The monoisotopic (exact) mass is 180 g/mol. The number of hydrogen-bond acceptors (Lipinski definition) is 2. The van der Waals surface area contributed by atoms with Crippen molar-refractivity contribution in [3.05, 3.63) is 11.3 Å². The smallest absolute Gasteiger partial charge is 0.197 e. The summed E-state index contributed by atoms with van der Waals surface area (Å²) in [5.74, 6) is 1.56. The van der Waals surface area contributed by atoms with Gasteiger partial charge in [-0.2, -0.15) is 0 Å². The van der Waals surface area contributed by atoms with Crippen LogP contribution in [0.5, 0.6) is 0 Å². The van der Waals surface area contributed by atoms with Crippen LogP contribution in [0.15, 0.2) is 11.3 Å². The van der Waals surface area contributed by atoms with Gasteiger partial charge in [0.05, 0.1) is 7.11 Å². The number of ketones is 1. The van der Waals surface area contributed by atoms with Crippen molar-refractivity contribution in [3.63, 3.8) is 0 Å². The number of carbonyl (C=O) groups is 1. The van der Waals surface area contributed by atoms with Gasteiger partial charge < -0.3 is 4.74 Å². The highest BCUT2D eigenvalue weighted by Gasteiger charge is 2.30. The Kier molecular flexibility index (Phi) is 2.38. The fourth-order valence-corrected chi connectivity index (χ4v) is 2.54. The van der Waals surface area contributed by atoms with Crippen LogP contribution in [0.2, 0.25) is 0 Å². The molecule has 0 spiro atoms. The number of ether oxygens (including phenoxy) is 1. The molecule has 0 radical (unpaired) electrons. The Balaban J connectivity index is 2.30. The molecule has 0 aromatic rings. The standard InChI is InChI=1S/C11H16O2/c1-13-11-9-5-3-2-4-8(9)6-7-10(11)12/h8H,2-7H2,1H3/t8-/m1/s1. The molecular formula is C11H16O2. The molecule has 13 heavy (non-hydrogen) atoms. The summed E-state index contributed by atoms with van der Waals surface area (Å²) in [6, 6.07) is 0. The summed E-state index contributed by atoms with van der Waals surface area (Å²) in [5.41, 5.74) is 1.31.